The van der Waals surface area contributed by atoms with E-state index in [4.69, 9.17) is 21.3 Å². The fourth-order valence-corrected chi connectivity index (χ4v) is 10.1. The lowest BCUT2D eigenvalue weighted by Crippen LogP contribution is -2.72. The summed E-state index contributed by atoms with van der Waals surface area (Å²) in [7, 11) is 2.14. The molecule has 11 heteroatoms. The van der Waals surface area contributed by atoms with E-state index in [1.54, 1.807) is 16.7 Å². The van der Waals surface area contributed by atoms with Crippen LogP contribution in [0.1, 0.15) is 57.9 Å². The van der Waals surface area contributed by atoms with E-state index < -0.39 is 16.6 Å². The molecule has 6 rings (SSSR count). The van der Waals surface area contributed by atoms with Crippen molar-refractivity contribution >= 4 is 40.9 Å². The monoisotopic (exact) mass is 666 g/mol. The van der Waals surface area contributed by atoms with E-state index >= 15 is 4.79 Å². The number of rotatable bonds is 7. The summed E-state index contributed by atoms with van der Waals surface area (Å²) >= 11 is 8.84. The van der Waals surface area contributed by atoms with Crippen LogP contribution in [0.2, 0.25) is 0 Å². The topological polar surface area (TPSA) is 101 Å². The average Bonchev–Trinajstić information content (AvgIpc) is 3.49. The SMILES string of the molecule is C=CC(=O)N1CCN(C2=NC(OCC3CCCN3C)(C(C)CC)NC3C(=O)[C@@]4(CCC23)Sc2ccccc2CC4Cl)CC1CC#N. The number of likely N-dealkylation sites (tertiary alicyclic amines) is 1. The standard InChI is InChI=1S/C35H47ClN6O3S/c1-5-23(3)35(45-22-26-11-9-17-40(26)4)38-31-27(33(39-35)41-18-19-42(30(43)6-2)25(21-41)14-16-37)13-15-34(32(31)44)29(36)20-24-10-7-8-12-28(24)46-34/h6-8,10,12,23,25-27,29,31,38H,2,5,9,11,13-15,17-22H2,1,3-4H3/t23?,25?,26?,27?,29?,31?,34-,35?/m0/s1. The van der Waals surface area contributed by atoms with Crippen molar-refractivity contribution in [2.75, 3.05) is 39.8 Å². The van der Waals surface area contributed by atoms with Gasteiger partial charge in [0.2, 0.25) is 11.8 Å². The molecule has 1 saturated carbocycles. The molecule has 0 radical (unpaired) electrons. The number of thioether (sulfide) groups is 1. The second kappa shape index (κ2) is 13.6. The molecular formula is C35H47ClN6O3S. The number of hydrogen-bond donors (Lipinski definition) is 1. The number of Topliss-reactive ketones (excluding diaryl/α,β-unsaturated/α-hetero) is 1. The maximum atomic E-state index is 15.0. The number of halogens is 1. The number of hydrogen-bond acceptors (Lipinski definition) is 9. The average molecular weight is 667 g/mol. The van der Waals surface area contributed by atoms with Gasteiger partial charge >= 0.3 is 0 Å². The molecule has 4 heterocycles. The summed E-state index contributed by atoms with van der Waals surface area (Å²) in [5.74, 6) is -0.474. The van der Waals surface area contributed by atoms with Crippen molar-refractivity contribution in [3.05, 3.63) is 42.5 Å². The van der Waals surface area contributed by atoms with Gasteiger partial charge in [0.15, 0.2) is 5.78 Å². The largest absolute Gasteiger partial charge is 0.356 e. The van der Waals surface area contributed by atoms with Crippen molar-refractivity contribution in [3.8, 4) is 6.07 Å². The number of aliphatic imine (C=N–C) groups is 1. The summed E-state index contributed by atoms with van der Waals surface area (Å²) in [4.78, 5) is 40.7. The van der Waals surface area contributed by atoms with Crippen molar-refractivity contribution in [2.45, 2.75) is 97.8 Å². The molecule has 8 atom stereocenters. The number of piperazine rings is 1. The lowest BCUT2D eigenvalue weighted by molar-refractivity contribution is -0.146. The van der Waals surface area contributed by atoms with E-state index in [0.29, 0.717) is 45.1 Å². The predicted octanol–water partition coefficient (Wildman–Crippen LogP) is 4.45. The van der Waals surface area contributed by atoms with Crippen molar-refractivity contribution in [1.29, 1.82) is 5.26 Å². The van der Waals surface area contributed by atoms with Gasteiger partial charge in [0.25, 0.3) is 0 Å². The van der Waals surface area contributed by atoms with Crippen LogP contribution in [0.4, 0.5) is 0 Å². The minimum absolute atomic E-state index is 0.0223. The van der Waals surface area contributed by atoms with Crippen molar-refractivity contribution < 1.29 is 14.3 Å². The number of likely N-dealkylation sites (N-methyl/N-ethyl adjacent to an activating group) is 1. The second-order valence-corrected chi connectivity index (χ2v) is 15.6. The fourth-order valence-electron chi connectivity index (χ4n) is 8.08. The number of benzene rings is 1. The summed E-state index contributed by atoms with van der Waals surface area (Å²) in [5.41, 5.74) is 1.19. The molecule has 1 aromatic rings. The third kappa shape index (κ3) is 5.92. The van der Waals surface area contributed by atoms with Crippen LogP contribution in [0.5, 0.6) is 0 Å². The van der Waals surface area contributed by atoms with E-state index in [0.717, 1.165) is 43.0 Å². The molecule has 0 aromatic heterocycles. The third-order valence-corrected chi connectivity index (χ3v) is 13.4. The zero-order valence-corrected chi connectivity index (χ0v) is 28.9. The zero-order valence-electron chi connectivity index (χ0n) is 27.3. The summed E-state index contributed by atoms with van der Waals surface area (Å²) in [6, 6.07) is 10.0. The van der Waals surface area contributed by atoms with E-state index in [2.05, 4.69) is 60.8 Å². The van der Waals surface area contributed by atoms with Gasteiger partial charge in [0.05, 0.1) is 41.3 Å². The van der Waals surface area contributed by atoms with Crippen LogP contribution >= 0.6 is 23.4 Å². The highest BCUT2D eigenvalue weighted by atomic mass is 35.5. The maximum Gasteiger partial charge on any atom is 0.246 e. The van der Waals surface area contributed by atoms with Gasteiger partial charge in [0.1, 0.15) is 5.84 Å². The van der Waals surface area contributed by atoms with Gasteiger partial charge < -0.3 is 19.4 Å². The first-order chi connectivity index (χ1) is 22.2. The number of ketones is 1. The highest BCUT2D eigenvalue weighted by Crippen LogP contribution is 2.53. The summed E-state index contributed by atoms with van der Waals surface area (Å²) in [6.45, 7) is 11.0. The van der Waals surface area contributed by atoms with Crippen LogP contribution in [0.15, 0.2) is 46.8 Å². The number of nitrogens with zero attached hydrogens (tertiary/aromatic N) is 5. The molecule has 2 saturated heterocycles. The number of carbonyl (C=O) groups is 2. The van der Waals surface area contributed by atoms with Gasteiger partial charge in [-0.15, -0.1) is 23.4 Å². The molecule has 7 unspecified atom stereocenters. The van der Waals surface area contributed by atoms with Crippen LogP contribution in [0.25, 0.3) is 0 Å². The van der Waals surface area contributed by atoms with Crippen molar-refractivity contribution in [2.24, 2.45) is 16.8 Å². The first-order valence-corrected chi connectivity index (χ1v) is 18.1. The Hall–Kier alpha value is -2.42. The number of amides is 1. The summed E-state index contributed by atoms with van der Waals surface area (Å²) in [5, 5.41) is 13.1. The van der Waals surface area contributed by atoms with Crippen LogP contribution < -0.4 is 5.32 Å². The first kappa shape index (κ1) is 33.5. The molecular weight excluding hydrogens is 620 g/mol. The van der Waals surface area contributed by atoms with E-state index in [-0.39, 0.29) is 41.4 Å². The number of nitrogens with one attached hydrogen (secondary N) is 1. The number of carbonyl (C=O) groups excluding carboxylic acids is 2. The number of amidine groups is 1. The molecule has 1 aliphatic carbocycles. The summed E-state index contributed by atoms with van der Waals surface area (Å²) < 4.78 is 6.16. The highest BCUT2D eigenvalue weighted by molar-refractivity contribution is 8.01. The molecule has 5 aliphatic rings. The predicted molar refractivity (Wildman–Crippen MR) is 182 cm³/mol. The van der Waals surface area contributed by atoms with Crippen LogP contribution in [-0.4, -0.2) is 106 Å². The van der Waals surface area contributed by atoms with Gasteiger partial charge in [-0.3, -0.25) is 14.9 Å². The van der Waals surface area contributed by atoms with Gasteiger partial charge in [0, 0.05) is 42.4 Å². The lowest BCUT2D eigenvalue weighted by Gasteiger charge is -2.54. The Balaban J connectivity index is 1.39. The smallest absolute Gasteiger partial charge is 0.246 e. The molecule has 1 amide bonds. The van der Waals surface area contributed by atoms with Crippen LogP contribution in [-0.2, 0) is 20.7 Å². The van der Waals surface area contributed by atoms with Crippen LogP contribution in [0, 0.1) is 23.2 Å². The maximum absolute atomic E-state index is 15.0. The number of alkyl halides is 1. The number of nitriles is 1. The Morgan fingerprint density at radius 3 is 2.83 bits per heavy atom. The van der Waals surface area contributed by atoms with Crippen molar-refractivity contribution in [3.63, 3.8) is 0 Å². The van der Waals surface area contributed by atoms with Gasteiger partial charge in [-0.25, -0.2) is 4.99 Å². The van der Waals surface area contributed by atoms with E-state index in [1.165, 1.54) is 11.6 Å². The molecule has 248 valence electrons. The first-order valence-electron chi connectivity index (χ1n) is 16.9. The Bertz CT molecular complexity index is 1420. The Labute approximate surface area is 282 Å². The van der Waals surface area contributed by atoms with Crippen LogP contribution in [0.3, 0.4) is 0 Å². The quantitative estimate of drug-likeness (QED) is 0.337. The molecule has 4 aliphatic heterocycles. The van der Waals surface area contributed by atoms with Gasteiger partial charge in [-0.1, -0.05) is 38.6 Å². The molecule has 1 N–H and O–H groups in total. The second-order valence-electron chi connectivity index (χ2n) is 13.7. The number of fused-ring (bicyclic) bond motifs is 2. The number of ether oxygens (including phenoxy) is 1. The fraction of sp³-hybridized carbons (Fsp3) is 0.657. The lowest BCUT2D eigenvalue weighted by atomic mass is 9.71. The molecule has 46 heavy (non-hydrogen) atoms. The molecule has 1 aromatic carbocycles. The van der Waals surface area contributed by atoms with Crippen molar-refractivity contribution in [1.82, 2.24) is 20.0 Å². The molecule has 1 spiro atoms. The van der Waals surface area contributed by atoms with E-state index in [1.807, 2.05) is 12.1 Å². The normalized spacial score (nSPS) is 35.2. The Morgan fingerprint density at radius 2 is 2.11 bits per heavy atom. The van der Waals surface area contributed by atoms with E-state index in [9.17, 15) is 10.1 Å². The summed E-state index contributed by atoms with van der Waals surface area (Å²) in [6.07, 6.45) is 6.60. The Morgan fingerprint density at radius 1 is 1.30 bits per heavy atom. The van der Waals surface area contributed by atoms with Gasteiger partial charge in [-0.2, -0.15) is 5.26 Å². The van der Waals surface area contributed by atoms with Gasteiger partial charge in [-0.05, 0) is 69.8 Å². The minimum atomic E-state index is -1.10. The molecule has 9 nitrogen and oxygen atoms in total. The highest BCUT2D eigenvalue weighted by Gasteiger charge is 2.60. The molecule has 3 fully saturated rings. The zero-order chi connectivity index (χ0) is 32.6. The molecule has 0 bridgehead atoms. The third-order valence-electron chi connectivity index (χ3n) is 11.1. The minimum Gasteiger partial charge on any atom is -0.356 e. The Kier molecular flexibility index (Phi) is 9.90.